The highest BCUT2D eigenvalue weighted by Crippen LogP contribution is 2.26. The number of likely N-dealkylation sites (tertiary alicyclic amines) is 1. The van der Waals surface area contributed by atoms with Gasteiger partial charge in [-0.2, -0.15) is 0 Å². The number of rotatable bonds is 2. The Balaban J connectivity index is 2.15. The van der Waals surface area contributed by atoms with Crippen LogP contribution in [0.4, 0.5) is 0 Å². The number of hydrogen-bond acceptors (Lipinski definition) is 3. The van der Waals surface area contributed by atoms with Crippen LogP contribution in [-0.2, 0) is 9.59 Å². The van der Waals surface area contributed by atoms with E-state index in [1.807, 2.05) is 18.7 Å². The van der Waals surface area contributed by atoms with E-state index >= 15 is 0 Å². The maximum atomic E-state index is 12.6. The zero-order chi connectivity index (χ0) is 14.2. The third kappa shape index (κ3) is 2.61. The summed E-state index contributed by atoms with van der Waals surface area (Å²) in [6.07, 6.45) is 2.55. The highest BCUT2D eigenvalue weighted by atomic mass is 16.2. The Morgan fingerprint density at radius 3 is 2.68 bits per heavy atom. The van der Waals surface area contributed by atoms with E-state index in [0.29, 0.717) is 12.5 Å². The normalized spacial score (nSPS) is 37.4. The predicted octanol–water partition coefficient (Wildman–Crippen LogP) is 0.596. The predicted molar refractivity (Wildman–Crippen MR) is 73.7 cm³/mol. The number of nitrogens with one attached hydrogen (secondary N) is 1. The monoisotopic (exact) mass is 267 g/mol. The molecule has 0 aliphatic carbocycles. The minimum atomic E-state index is -0.720. The van der Waals surface area contributed by atoms with Crippen LogP contribution in [0.25, 0.3) is 0 Å². The van der Waals surface area contributed by atoms with Gasteiger partial charge in [-0.1, -0.05) is 6.92 Å². The summed E-state index contributed by atoms with van der Waals surface area (Å²) >= 11 is 0. The van der Waals surface area contributed by atoms with E-state index in [1.165, 1.54) is 0 Å². The zero-order valence-corrected chi connectivity index (χ0v) is 12.4. The van der Waals surface area contributed by atoms with Gasteiger partial charge in [0.05, 0.1) is 6.54 Å². The van der Waals surface area contributed by atoms with Crippen molar-refractivity contribution in [1.82, 2.24) is 15.1 Å². The molecule has 5 heteroatoms. The van der Waals surface area contributed by atoms with Gasteiger partial charge in [0, 0.05) is 18.6 Å². The lowest BCUT2D eigenvalue weighted by atomic mass is 9.90. The molecule has 2 saturated heterocycles. The van der Waals surface area contributed by atoms with Crippen molar-refractivity contribution in [1.29, 1.82) is 0 Å². The summed E-state index contributed by atoms with van der Waals surface area (Å²) in [5.74, 6) is 0.0480. The Kier molecular flexibility index (Phi) is 3.85. The molecule has 2 fully saturated rings. The molecule has 2 aliphatic rings. The quantitative estimate of drug-likeness (QED) is 0.797. The molecule has 2 amide bonds. The molecule has 3 unspecified atom stereocenters. The first-order chi connectivity index (χ1) is 8.87. The summed E-state index contributed by atoms with van der Waals surface area (Å²) in [7, 11) is 2.11. The number of carbonyl (C=O) groups excluding carboxylic acids is 2. The third-order valence-electron chi connectivity index (χ3n) is 4.79. The number of carbonyl (C=O) groups is 2. The van der Waals surface area contributed by atoms with Crippen LogP contribution in [0, 0.1) is 0 Å². The van der Waals surface area contributed by atoms with Crippen molar-refractivity contribution in [2.24, 2.45) is 0 Å². The highest BCUT2D eigenvalue weighted by Gasteiger charge is 2.44. The van der Waals surface area contributed by atoms with Gasteiger partial charge < -0.3 is 15.1 Å². The molecule has 3 atom stereocenters. The van der Waals surface area contributed by atoms with Gasteiger partial charge in [0.2, 0.25) is 11.8 Å². The topological polar surface area (TPSA) is 52.7 Å². The molecule has 0 bridgehead atoms. The van der Waals surface area contributed by atoms with Gasteiger partial charge in [0.25, 0.3) is 0 Å². The minimum Gasteiger partial charge on any atom is -0.340 e. The Bertz CT molecular complexity index is 385. The Hall–Kier alpha value is -1.10. The lowest BCUT2D eigenvalue weighted by Crippen LogP contribution is -2.67. The third-order valence-corrected chi connectivity index (χ3v) is 4.79. The van der Waals surface area contributed by atoms with E-state index < -0.39 is 5.54 Å². The van der Waals surface area contributed by atoms with Crippen LogP contribution in [0.2, 0.25) is 0 Å². The van der Waals surface area contributed by atoms with Crippen LogP contribution in [0.1, 0.15) is 40.0 Å². The molecular weight excluding hydrogens is 242 g/mol. The number of piperidine rings is 1. The van der Waals surface area contributed by atoms with Gasteiger partial charge in [-0.25, -0.2) is 0 Å². The van der Waals surface area contributed by atoms with Crippen molar-refractivity contribution in [3.8, 4) is 0 Å². The molecule has 19 heavy (non-hydrogen) atoms. The number of nitrogens with zero attached hydrogens (tertiary/aromatic N) is 2. The average Bonchev–Trinajstić information content (AvgIpc) is 2.37. The lowest BCUT2D eigenvalue weighted by Gasteiger charge is -2.46. The molecular formula is C14H25N3O2. The minimum absolute atomic E-state index is 0.0319. The average molecular weight is 267 g/mol. The van der Waals surface area contributed by atoms with Crippen molar-refractivity contribution < 1.29 is 9.59 Å². The zero-order valence-electron chi connectivity index (χ0n) is 12.4. The fourth-order valence-electron chi connectivity index (χ4n) is 3.03. The molecule has 0 aromatic carbocycles. The molecule has 0 radical (unpaired) electrons. The van der Waals surface area contributed by atoms with Crippen LogP contribution >= 0.6 is 0 Å². The van der Waals surface area contributed by atoms with Crippen molar-refractivity contribution in [2.75, 3.05) is 20.1 Å². The second-order valence-corrected chi connectivity index (χ2v) is 6.17. The number of amides is 2. The van der Waals surface area contributed by atoms with Crippen LogP contribution in [-0.4, -0.2) is 59.4 Å². The molecule has 0 spiro atoms. The molecule has 108 valence electrons. The standard InChI is InChI=1S/C14H25N3O2/c1-5-14(3)13(19)17(9-12(18)15-14)11-6-7-16(4)10(2)8-11/h10-11H,5-9H2,1-4H3,(H,15,18). The summed E-state index contributed by atoms with van der Waals surface area (Å²) < 4.78 is 0. The molecule has 1 N–H and O–H groups in total. The van der Waals surface area contributed by atoms with Crippen molar-refractivity contribution >= 4 is 11.8 Å². The van der Waals surface area contributed by atoms with Crippen LogP contribution in [0.3, 0.4) is 0 Å². The second kappa shape index (κ2) is 5.12. The molecule has 2 aliphatic heterocycles. The summed E-state index contributed by atoms with van der Waals surface area (Å²) in [6, 6.07) is 0.667. The number of piperazine rings is 1. The van der Waals surface area contributed by atoms with Gasteiger partial charge in [0.1, 0.15) is 5.54 Å². The first-order valence-corrected chi connectivity index (χ1v) is 7.19. The van der Waals surface area contributed by atoms with E-state index in [4.69, 9.17) is 0 Å². The first-order valence-electron chi connectivity index (χ1n) is 7.19. The first kappa shape index (κ1) is 14.3. The van der Waals surface area contributed by atoms with Crippen molar-refractivity contribution in [3.05, 3.63) is 0 Å². The van der Waals surface area contributed by atoms with Crippen LogP contribution in [0.5, 0.6) is 0 Å². The van der Waals surface area contributed by atoms with Crippen molar-refractivity contribution in [2.45, 2.75) is 57.7 Å². The van der Waals surface area contributed by atoms with Crippen LogP contribution < -0.4 is 5.32 Å². The van der Waals surface area contributed by atoms with E-state index in [1.54, 1.807) is 0 Å². The van der Waals surface area contributed by atoms with Gasteiger partial charge >= 0.3 is 0 Å². The molecule has 2 heterocycles. The second-order valence-electron chi connectivity index (χ2n) is 6.17. The largest absolute Gasteiger partial charge is 0.340 e. The smallest absolute Gasteiger partial charge is 0.248 e. The van der Waals surface area contributed by atoms with Gasteiger partial charge in [-0.3, -0.25) is 9.59 Å². The Morgan fingerprint density at radius 1 is 1.42 bits per heavy atom. The summed E-state index contributed by atoms with van der Waals surface area (Å²) in [5.41, 5.74) is -0.720. The van der Waals surface area contributed by atoms with Crippen LogP contribution in [0.15, 0.2) is 0 Å². The summed E-state index contributed by atoms with van der Waals surface area (Å²) in [5, 5.41) is 2.84. The fraction of sp³-hybridized carbons (Fsp3) is 0.857. The Labute approximate surface area is 115 Å². The van der Waals surface area contributed by atoms with Gasteiger partial charge in [-0.05, 0) is 40.2 Å². The molecule has 0 saturated carbocycles. The fourth-order valence-corrected chi connectivity index (χ4v) is 3.03. The Morgan fingerprint density at radius 2 is 2.11 bits per heavy atom. The van der Waals surface area contributed by atoms with Crippen molar-refractivity contribution in [3.63, 3.8) is 0 Å². The maximum absolute atomic E-state index is 12.6. The number of hydrogen-bond donors (Lipinski definition) is 1. The molecule has 2 rings (SSSR count). The SMILES string of the molecule is CCC1(C)NC(=O)CN(C2CCN(C)C(C)C2)C1=O. The van der Waals surface area contributed by atoms with E-state index in [0.717, 1.165) is 19.4 Å². The van der Waals surface area contributed by atoms with E-state index in [-0.39, 0.29) is 24.4 Å². The van der Waals surface area contributed by atoms with E-state index in [2.05, 4.69) is 24.2 Å². The van der Waals surface area contributed by atoms with Gasteiger partial charge in [-0.15, -0.1) is 0 Å². The molecule has 0 aromatic rings. The lowest BCUT2D eigenvalue weighted by molar-refractivity contribution is -0.153. The summed E-state index contributed by atoms with van der Waals surface area (Å²) in [6.45, 7) is 7.16. The van der Waals surface area contributed by atoms with E-state index in [9.17, 15) is 9.59 Å². The molecule has 5 nitrogen and oxygen atoms in total. The van der Waals surface area contributed by atoms with Gasteiger partial charge in [0.15, 0.2) is 0 Å². The summed E-state index contributed by atoms with van der Waals surface area (Å²) in [4.78, 5) is 28.6. The molecule has 0 aromatic heterocycles. The maximum Gasteiger partial charge on any atom is 0.248 e. The highest BCUT2D eigenvalue weighted by molar-refractivity contribution is 5.97.